The third-order valence-corrected chi connectivity index (χ3v) is 3.86. The highest BCUT2D eigenvalue weighted by atomic mass is 14.9. The standard InChI is InChI=1S/C19H20N2/c1-14-6-5-8-16(12-14)19(20-2)13-17-11-10-15-7-3-4-9-18(15)21-17/h3-12,19-20H,13H2,1-2H3. The minimum absolute atomic E-state index is 0.290. The highest BCUT2D eigenvalue weighted by Crippen LogP contribution is 2.20. The van der Waals surface area contributed by atoms with Crippen LogP contribution in [0.1, 0.15) is 22.9 Å². The molecule has 2 aromatic carbocycles. The van der Waals surface area contributed by atoms with Crippen LogP contribution in [0.15, 0.2) is 60.7 Å². The number of nitrogens with zero attached hydrogens (tertiary/aromatic N) is 1. The lowest BCUT2D eigenvalue weighted by molar-refractivity contribution is 0.585. The van der Waals surface area contributed by atoms with Gasteiger partial charge in [-0.1, -0.05) is 54.1 Å². The van der Waals surface area contributed by atoms with Crippen LogP contribution >= 0.6 is 0 Å². The van der Waals surface area contributed by atoms with E-state index >= 15 is 0 Å². The predicted octanol–water partition coefficient (Wildman–Crippen LogP) is 4.05. The second-order valence-electron chi connectivity index (χ2n) is 5.45. The summed E-state index contributed by atoms with van der Waals surface area (Å²) < 4.78 is 0. The summed E-state index contributed by atoms with van der Waals surface area (Å²) >= 11 is 0. The van der Waals surface area contributed by atoms with Gasteiger partial charge in [-0.2, -0.15) is 0 Å². The number of benzene rings is 2. The number of para-hydroxylation sites is 1. The molecule has 1 aromatic heterocycles. The van der Waals surface area contributed by atoms with E-state index in [1.165, 1.54) is 16.5 Å². The summed E-state index contributed by atoms with van der Waals surface area (Å²) in [5.41, 5.74) is 4.79. The summed E-state index contributed by atoms with van der Waals surface area (Å²) in [6, 6.07) is 21.5. The van der Waals surface area contributed by atoms with Gasteiger partial charge in [-0.15, -0.1) is 0 Å². The van der Waals surface area contributed by atoms with E-state index in [9.17, 15) is 0 Å². The molecule has 1 N–H and O–H groups in total. The topological polar surface area (TPSA) is 24.9 Å². The van der Waals surface area contributed by atoms with E-state index in [0.717, 1.165) is 17.6 Å². The maximum atomic E-state index is 4.77. The minimum Gasteiger partial charge on any atom is -0.313 e. The highest BCUT2D eigenvalue weighted by Gasteiger charge is 2.11. The number of likely N-dealkylation sites (N-methyl/N-ethyl adjacent to an activating group) is 1. The van der Waals surface area contributed by atoms with Gasteiger partial charge < -0.3 is 5.32 Å². The Morgan fingerprint density at radius 3 is 2.67 bits per heavy atom. The van der Waals surface area contributed by atoms with Crippen LogP contribution in [-0.2, 0) is 6.42 Å². The average Bonchev–Trinajstić information content (AvgIpc) is 2.52. The molecule has 3 aromatic rings. The van der Waals surface area contributed by atoms with Crippen LogP contribution < -0.4 is 5.32 Å². The Morgan fingerprint density at radius 2 is 1.86 bits per heavy atom. The van der Waals surface area contributed by atoms with Crippen LogP contribution in [0.25, 0.3) is 10.9 Å². The molecule has 0 aliphatic rings. The van der Waals surface area contributed by atoms with E-state index in [-0.39, 0.29) is 0 Å². The lowest BCUT2D eigenvalue weighted by Crippen LogP contribution is -2.19. The van der Waals surface area contributed by atoms with Crippen molar-refractivity contribution in [3.63, 3.8) is 0 Å². The Labute approximate surface area is 125 Å². The zero-order valence-corrected chi connectivity index (χ0v) is 12.5. The smallest absolute Gasteiger partial charge is 0.0705 e. The SMILES string of the molecule is CNC(Cc1ccc2ccccc2n1)c1cccc(C)c1. The molecule has 0 bridgehead atoms. The summed E-state index contributed by atoms with van der Waals surface area (Å²) in [6.07, 6.45) is 0.894. The molecule has 0 aliphatic carbocycles. The second-order valence-corrected chi connectivity index (χ2v) is 5.45. The van der Waals surface area contributed by atoms with Crippen molar-refractivity contribution in [3.05, 3.63) is 77.5 Å². The van der Waals surface area contributed by atoms with Crippen molar-refractivity contribution in [2.45, 2.75) is 19.4 Å². The molecule has 2 heteroatoms. The zero-order chi connectivity index (χ0) is 14.7. The van der Waals surface area contributed by atoms with Gasteiger partial charge in [0, 0.05) is 23.5 Å². The zero-order valence-electron chi connectivity index (χ0n) is 12.5. The molecule has 1 heterocycles. The summed E-state index contributed by atoms with van der Waals surface area (Å²) in [4.78, 5) is 4.77. The van der Waals surface area contributed by atoms with Gasteiger partial charge in [-0.25, -0.2) is 0 Å². The molecule has 0 amide bonds. The maximum Gasteiger partial charge on any atom is 0.0705 e. The van der Waals surface area contributed by atoms with Gasteiger partial charge in [0.1, 0.15) is 0 Å². The first kappa shape index (κ1) is 13.8. The fourth-order valence-electron chi connectivity index (χ4n) is 2.70. The lowest BCUT2D eigenvalue weighted by atomic mass is 10.00. The van der Waals surface area contributed by atoms with E-state index in [1.807, 2.05) is 19.2 Å². The van der Waals surface area contributed by atoms with E-state index in [4.69, 9.17) is 4.98 Å². The largest absolute Gasteiger partial charge is 0.313 e. The molecule has 1 atom stereocenters. The molecule has 106 valence electrons. The third kappa shape index (κ3) is 3.11. The second kappa shape index (κ2) is 6.06. The number of rotatable bonds is 4. The number of hydrogen-bond donors (Lipinski definition) is 1. The first-order chi connectivity index (χ1) is 10.3. The van der Waals surface area contributed by atoms with Gasteiger partial charge in [-0.3, -0.25) is 4.98 Å². The lowest BCUT2D eigenvalue weighted by Gasteiger charge is -2.17. The molecule has 0 radical (unpaired) electrons. The Hall–Kier alpha value is -2.19. The van der Waals surface area contributed by atoms with Crippen molar-refractivity contribution in [3.8, 4) is 0 Å². The first-order valence-corrected chi connectivity index (χ1v) is 7.35. The Balaban J connectivity index is 1.88. The van der Waals surface area contributed by atoms with Gasteiger partial charge in [0.2, 0.25) is 0 Å². The number of nitrogens with one attached hydrogen (secondary N) is 1. The van der Waals surface area contributed by atoms with E-state index in [0.29, 0.717) is 6.04 Å². The highest BCUT2D eigenvalue weighted by molar-refractivity contribution is 5.78. The van der Waals surface area contributed by atoms with Crippen LogP contribution in [0.5, 0.6) is 0 Å². The third-order valence-electron chi connectivity index (χ3n) is 3.86. The molecule has 2 nitrogen and oxygen atoms in total. The molecule has 0 saturated heterocycles. The Kier molecular flexibility index (Phi) is 3.98. The monoisotopic (exact) mass is 276 g/mol. The van der Waals surface area contributed by atoms with Crippen molar-refractivity contribution in [2.75, 3.05) is 7.05 Å². The maximum absolute atomic E-state index is 4.77. The van der Waals surface area contributed by atoms with Gasteiger partial charge >= 0.3 is 0 Å². The molecule has 1 unspecified atom stereocenters. The van der Waals surface area contributed by atoms with Crippen LogP contribution in [0, 0.1) is 6.92 Å². The van der Waals surface area contributed by atoms with Crippen LogP contribution in [-0.4, -0.2) is 12.0 Å². The number of hydrogen-bond acceptors (Lipinski definition) is 2. The van der Waals surface area contributed by atoms with E-state index < -0.39 is 0 Å². The summed E-state index contributed by atoms with van der Waals surface area (Å²) in [5.74, 6) is 0. The van der Waals surface area contributed by atoms with Gasteiger partial charge in [0.15, 0.2) is 0 Å². The van der Waals surface area contributed by atoms with Gasteiger partial charge in [0.25, 0.3) is 0 Å². The van der Waals surface area contributed by atoms with Gasteiger partial charge in [-0.05, 0) is 31.7 Å². The molecule has 0 aliphatic heterocycles. The minimum atomic E-state index is 0.290. The molecule has 0 fully saturated rings. The van der Waals surface area contributed by atoms with E-state index in [1.54, 1.807) is 0 Å². The normalized spacial score (nSPS) is 12.5. The Morgan fingerprint density at radius 1 is 1.00 bits per heavy atom. The summed E-state index contributed by atoms with van der Waals surface area (Å²) in [5, 5.41) is 4.59. The number of aryl methyl sites for hydroxylation is 1. The molecule has 0 spiro atoms. The average molecular weight is 276 g/mol. The quantitative estimate of drug-likeness (QED) is 0.777. The van der Waals surface area contributed by atoms with Crippen LogP contribution in [0.4, 0.5) is 0 Å². The van der Waals surface area contributed by atoms with E-state index in [2.05, 4.69) is 60.8 Å². The molecule has 0 saturated carbocycles. The summed E-state index contributed by atoms with van der Waals surface area (Å²) in [7, 11) is 2.01. The van der Waals surface area contributed by atoms with Crippen molar-refractivity contribution >= 4 is 10.9 Å². The number of fused-ring (bicyclic) bond motifs is 1. The molecule has 3 rings (SSSR count). The number of aromatic nitrogens is 1. The molecular formula is C19H20N2. The number of pyridine rings is 1. The molecule has 21 heavy (non-hydrogen) atoms. The summed E-state index contributed by atoms with van der Waals surface area (Å²) in [6.45, 7) is 2.13. The van der Waals surface area contributed by atoms with Crippen molar-refractivity contribution in [1.29, 1.82) is 0 Å². The van der Waals surface area contributed by atoms with Crippen molar-refractivity contribution in [2.24, 2.45) is 0 Å². The first-order valence-electron chi connectivity index (χ1n) is 7.35. The van der Waals surface area contributed by atoms with Gasteiger partial charge in [0.05, 0.1) is 5.52 Å². The molecular weight excluding hydrogens is 256 g/mol. The Bertz CT molecular complexity index is 749. The fourth-order valence-corrected chi connectivity index (χ4v) is 2.70. The fraction of sp³-hybridized carbons (Fsp3) is 0.211. The van der Waals surface area contributed by atoms with Crippen LogP contribution in [0.2, 0.25) is 0 Å². The van der Waals surface area contributed by atoms with Crippen LogP contribution in [0.3, 0.4) is 0 Å². The predicted molar refractivity (Wildman–Crippen MR) is 88.4 cm³/mol. The van der Waals surface area contributed by atoms with Crippen molar-refractivity contribution in [1.82, 2.24) is 10.3 Å². The van der Waals surface area contributed by atoms with Crippen molar-refractivity contribution < 1.29 is 0 Å².